The van der Waals surface area contributed by atoms with E-state index in [-0.39, 0.29) is 0 Å². The first-order chi connectivity index (χ1) is 8.88. The summed E-state index contributed by atoms with van der Waals surface area (Å²) in [5.41, 5.74) is 2.42. The Balaban J connectivity index is 2.05. The van der Waals surface area contributed by atoms with Crippen LogP contribution in [-0.2, 0) is 0 Å². The first-order valence-corrected chi connectivity index (χ1v) is 5.81. The first-order valence-electron chi connectivity index (χ1n) is 5.81. The van der Waals surface area contributed by atoms with Crippen LogP contribution in [0.5, 0.6) is 5.75 Å². The van der Waals surface area contributed by atoms with Gasteiger partial charge in [0.25, 0.3) is 0 Å². The van der Waals surface area contributed by atoms with Crippen LogP contribution in [0.2, 0.25) is 0 Å². The van der Waals surface area contributed by atoms with E-state index in [1.165, 1.54) is 0 Å². The number of para-hydroxylation sites is 2. The van der Waals surface area contributed by atoms with E-state index < -0.39 is 0 Å². The second kappa shape index (κ2) is 4.49. The number of nitroso groups, excluding NO2 is 1. The van der Waals surface area contributed by atoms with Gasteiger partial charge in [-0.1, -0.05) is 18.2 Å². The quantitative estimate of drug-likeness (QED) is 0.753. The molecule has 0 aromatic heterocycles. The van der Waals surface area contributed by atoms with E-state index in [9.17, 15) is 4.91 Å². The van der Waals surface area contributed by atoms with E-state index >= 15 is 0 Å². The lowest BCUT2D eigenvalue weighted by Gasteiger charge is -2.31. The molecule has 0 fully saturated rings. The van der Waals surface area contributed by atoms with E-state index in [1.54, 1.807) is 12.1 Å². The Bertz CT molecular complexity index is 584. The van der Waals surface area contributed by atoms with Crippen molar-refractivity contribution in [1.82, 2.24) is 0 Å². The van der Waals surface area contributed by atoms with Gasteiger partial charge >= 0.3 is 0 Å². The summed E-state index contributed by atoms with van der Waals surface area (Å²) in [6.45, 7) is 1.40. The molecule has 0 unspecified atom stereocenters. The average Bonchev–Trinajstić information content (AvgIpc) is 2.47. The molecule has 0 radical (unpaired) electrons. The molecule has 0 spiro atoms. The number of benzene rings is 2. The highest BCUT2D eigenvalue weighted by molar-refractivity contribution is 5.71. The zero-order valence-electron chi connectivity index (χ0n) is 9.74. The van der Waals surface area contributed by atoms with Crippen molar-refractivity contribution >= 4 is 17.1 Å². The van der Waals surface area contributed by atoms with Crippen molar-refractivity contribution in [2.24, 2.45) is 5.18 Å². The molecule has 90 valence electrons. The zero-order valence-corrected chi connectivity index (χ0v) is 9.74. The van der Waals surface area contributed by atoms with Crippen molar-refractivity contribution in [3.63, 3.8) is 0 Å². The average molecular weight is 240 g/mol. The maximum absolute atomic E-state index is 10.6. The van der Waals surface area contributed by atoms with Gasteiger partial charge < -0.3 is 9.64 Å². The Kier molecular flexibility index (Phi) is 2.68. The van der Waals surface area contributed by atoms with E-state index in [0.717, 1.165) is 23.7 Å². The molecule has 0 bridgehead atoms. The Labute approximate surface area is 105 Å². The highest BCUT2D eigenvalue weighted by atomic mass is 16.5. The third-order valence-electron chi connectivity index (χ3n) is 2.98. The molecule has 0 N–H and O–H groups in total. The van der Waals surface area contributed by atoms with E-state index in [1.807, 2.05) is 36.4 Å². The highest BCUT2D eigenvalue weighted by Gasteiger charge is 2.18. The minimum Gasteiger partial charge on any atom is -0.490 e. The van der Waals surface area contributed by atoms with E-state index in [4.69, 9.17) is 4.74 Å². The predicted molar refractivity (Wildman–Crippen MR) is 70.8 cm³/mol. The molecule has 0 saturated heterocycles. The number of hydrogen-bond donors (Lipinski definition) is 0. The van der Waals surface area contributed by atoms with Gasteiger partial charge in [-0.25, -0.2) is 0 Å². The molecular formula is C14H12N2O2. The highest BCUT2D eigenvalue weighted by Crippen LogP contribution is 2.37. The fraction of sp³-hybridized carbons (Fsp3) is 0.143. The zero-order chi connectivity index (χ0) is 12.4. The van der Waals surface area contributed by atoms with Crippen molar-refractivity contribution in [2.75, 3.05) is 18.1 Å². The molecule has 0 amide bonds. The van der Waals surface area contributed by atoms with Crippen molar-refractivity contribution in [2.45, 2.75) is 0 Å². The summed E-state index contributed by atoms with van der Waals surface area (Å²) in [5.74, 6) is 0.869. The summed E-state index contributed by atoms with van der Waals surface area (Å²) in [7, 11) is 0. The second-order valence-corrected chi connectivity index (χ2v) is 4.08. The molecule has 1 aliphatic heterocycles. The SMILES string of the molecule is O=Nc1cccc(N2CCOc3ccccc32)c1. The number of rotatable bonds is 2. The fourth-order valence-electron chi connectivity index (χ4n) is 2.16. The van der Waals surface area contributed by atoms with Crippen LogP contribution >= 0.6 is 0 Å². The van der Waals surface area contributed by atoms with Crippen LogP contribution in [-0.4, -0.2) is 13.2 Å². The Hall–Kier alpha value is -2.36. The van der Waals surface area contributed by atoms with Crippen LogP contribution in [0.25, 0.3) is 0 Å². The largest absolute Gasteiger partial charge is 0.490 e. The number of fused-ring (bicyclic) bond motifs is 1. The second-order valence-electron chi connectivity index (χ2n) is 4.08. The van der Waals surface area contributed by atoms with Gasteiger partial charge in [0.1, 0.15) is 18.0 Å². The van der Waals surface area contributed by atoms with Gasteiger partial charge in [-0.2, -0.15) is 0 Å². The van der Waals surface area contributed by atoms with Gasteiger partial charge in [0.2, 0.25) is 0 Å². The number of nitrogens with zero attached hydrogens (tertiary/aromatic N) is 2. The molecule has 4 nitrogen and oxygen atoms in total. The van der Waals surface area contributed by atoms with Gasteiger partial charge in [-0.3, -0.25) is 0 Å². The molecule has 2 aromatic rings. The summed E-state index contributed by atoms with van der Waals surface area (Å²) in [6.07, 6.45) is 0. The van der Waals surface area contributed by atoms with Crippen molar-refractivity contribution in [3.05, 3.63) is 53.4 Å². The van der Waals surface area contributed by atoms with Crippen LogP contribution in [0, 0.1) is 4.91 Å². The van der Waals surface area contributed by atoms with Crippen LogP contribution in [0.15, 0.2) is 53.7 Å². The summed E-state index contributed by atoms with van der Waals surface area (Å²) < 4.78 is 5.60. The van der Waals surface area contributed by atoms with Crippen molar-refractivity contribution in [3.8, 4) is 5.75 Å². The molecule has 2 aromatic carbocycles. The molecule has 1 heterocycles. The van der Waals surface area contributed by atoms with Gasteiger partial charge in [0.05, 0.1) is 12.2 Å². The Morgan fingerprint density at radius 2 is 2.00 bits per heavy atom. The Morgan fingerprint density at radius 1 is 1.11 bits per heavy atom. The van der Waals surface area contributed by atoms with Crippen LogP contribution < -0.4 is 9.64 Å². The molecule has 18 heavy (non-hydrogen) atoms. The normalized spacial score (nSPS) is 13.7. The summed E-state index contributed by atoms with van der Waals surface area (Å²) in [4.78, 5) is 12.7. The minimum atomic E-state index is 0.441. The predicted octanol–water partition coefficient (Wildman–Crippen LogP) is 3.62. The number of anilines is 2. The lowest BCUT2D eigenvalue weighted by molar-refractivity contribution is 0.314. The smallest absolute Gasteiger partial charge is 0.143 e. The summed E-state index contributed by atoms with van der Waals surface area (Å²) in [5, 5.41) is 2.97. The molecule has 4 heteroatoms. The van der Waals surface area contributed by atoms with Gasteiger partial charge in [0, 0.05) is 5.69 Å². The molecule has 0 atom stereocenters. The van der Waals surface area contributed by atoms with Crippen molar-refractivity contribution in [1.29, 1.82) is 0 Å². The molecule has 3 rings (SSSR count). The summed E-state index contributed by atoms with van der Waals surface area (Å²) in [6, 6.07) is 15.2. The molecule has 0 saturated carbocycles. The van der Waals surface area contributed by atoms with Gasteiger partial charge in [0.15, 0.2) is 0 Å². The monoisotopic (exact) mass is 240 g/mol. The van der Waals surface area contributed by atoms with Crippen LogP contribution in [0.1, 0.15) is 0 Å². The maximum Gasteiger partial charge on any atom is 0.143 e. The molecule has 1 aliphatic rings. The Morgan fingerprint density at radius 3 is 2.89 bits per heavy atom. The molecular weight excluding hydrogens is 228 g/mol. The standard InChI is InChI=1S/C14H12N2O2/c17-15-11-4-3-5-12(10-11)16-8-9-18-14-7-2-1-6-13(14)16/h1-7,10H,8-9H2. The van der Waals surface area contributed by atoms with E-state index in [2.05, 4.69) is 10.1 Å². The lowest BCUT2D eigenvalue weighted by atomic mass is 10.2. The van der Waals surface area contributed by atoms with Crippen molar-refractivity contribution < 1.29 is 4.74 Å². The van der Waals surface area contributed by atoms with Crippen LogP contribution in [0.3, 0.4) is 0 Å². The van der Waals surface area contributed by atoms with Gasteiger partial charge in [-0.15, -0.1) is 4.91 Å². The first kappa shape index (κ1) is 10.8. The van der Waals surface area contributed by atoms with Gasteiger partial charge in [-0.05, 0) is 35.5 Å². The van der Waals surface area contributed by atoms with Crippen LogP contribution in [0.4, 0.5) is 17.1 Å². The number of hydrogen-bond acceptors (Lipinski definition) is 4. The third kappa shape index (κ3) is 1.82. The maximum atomic E-state index is 10.6. The lowest BCUT2D eigenvalue weighted by Crippen LogP contribution is -2.28. The topological polar surface area (TPSA) is 41.9 Å². The summed E-state index contributed by atoms with van der Waals surface area (Å²) >= 11 is 0. The third-order valence-corrected chi connectivity index (χ3v) is 2.98. The minimum absolute atomic E-state index is 0.441. The number of ether oxygens (including phenoxy) is 1. The molecule has 0 aliphatic carbocycles. The fourth-order valence-corrected chi connectivity index (χ4v) is 2.16. The van der Waals surface area contributed by atoms with E-state index in [0.29, 0.717) is 12.3 Å².